The average Bonchev–Trinajstić information content (AvgIpc) is 2.63. The molecule has 0 aliphatic heterocycles. The predicted octanol–water partition coefficient (Wildman–Crippen LogP) is 3.01. The van der Waals surface area contributed by atoms with Gasteiger partial charge in [0.2, 0.25) is 0 Å². The molecule has 0 bridgehead atoms. The first kappa shape index (κ1) is 17.8. The topological polar surface area (TPSA) is 64.0 Å². The lowest BCUT2D eigenvalue weighted by Crippen LogP contribution is -2.29. The molecule has 7 heteroatoms. The fourth-order valence-corrected chi connectivity index (χ4v) is 2.49. The van der Waals surface area contributed by atoms with E-state index in [2.05, 4.69) is 10.4 Å². The highest BCUT2D eigenvalue weighted by Crippen LogP contribution is 2.09. The van der Waals surface area contributed by atoms with Gasteiger partial charge >= 0.3 is 0 Å². The summed E-state index contributed by atoms with van der Waals surface area (Å²) in [4.78, 5) is 24.2. The van der Waals surface area contributed by atoms with Gasteiger partial charge in [0.05, 0.1) is 6.54 Å². The number of halogens is 2. The molecule has 0 saturated heterocycles. The van der Waals surface area contributed by atoms with Gasteiger partial charge in [-0.05, 0) is 41.5 Å². The van der Waals surface area contributed by atoms with Gasteiger partial charge in [-0.15, -0.1) is 0 Å². The van der Waals surface area contributed by atoms with Gasteiger partial charge in [-0.25, -0.2) is 9.07 Å². The van der Waals surface area contributed by atoms with Gasteiger partial charge < -0.3 is 5.32 Å². The third-order valence-electron chi connectivity index (χ3n) is 3.69. The quantitative estimate of drug-likeness (QED) is 0.749. The molecule has 1 heterocycles. The van der Waals surface area contributed by atoms with Crippen molar-refractivity contribution in [1.82, 2.24) is 15.1 Å². The highest BCUT2D eigenvalue weighted by molar-refractivity contribution is 6.30. The standard InChI is InChI=1S/C19H15ClFN3O2/c20-15-6-4-13(5-7-15)11-22-19(26)17-8-9-18(25)24(23-17)12-14-2-1-3-16(21)10-14/h1-10H,11-12H2,(H,22,26). The first-order valence-electron chi connectivity index (χ1n) is 7.86. The molecule has 1 aromatic heterocycles. The Hall–Kier alpha value is -2.99. The summed E-state index contributed by atoms with van der Waals surface area (Å²) >= 11 is 5.83. The molecule has 5 nitrogen and oxygen atoms in total. The first-order valence-corrected chi connectivity index (χ1v) is 8.24. The van der Waals surface area contributed by atoms with Gasteiger partial charge in [0.25, 0.3) is 11.5 Å². The molecular weight excluding hydrogens is 357 g/mol. The van der Waals surface area contributed by atoms with Crippen molar-refractivity contribution in [2.45, 2.75) is 13.1 Å². The van der Waals surface area contributed by atoms with Crippen molar-refractivity contribution in [3.63, 3.8) is 0 Å². The van der Waals surface area contributed by atoms with Crippen molar-refractivity contribution < 1.29 is 9.18 Å². The van der Waals surface area contributed by atoms with Crippen LogP contribution < -0.4 is 10.9 Å². The van der Waals surface area contributed by atoms with Crippen LogP contribution in [-0.4, -0.2) is 15.7 Å². The molecule has 1 amide bonds. The molecule has 0 aliphatic carbocycles. The molecule has 132 valence electrons. The van der Waals surface area contributed by atoms with Crippen LogP contribution in [0.1, 0.15) is 21.6 Å². The SMILES string of the molecule is O=C(NCc1ccc(Cl)cc1)c1ccc(=O)n(Cc2cccc(F)c2)n1. The van der Waals surface area contributed by atoms with E-state index in [1.807, 2.05) is 0 Å². The molecule has 2 aromatic carbocycles. The summed E-state index contributed by atoms with van der Waals surface area (Å²) in [7, 11) is 0. The zero-order valence-electron chi connectivity index (χ0n) is 13.7. The smallest absolute Gasteiger partial charge is 0.271 e. The van der Waals surface area contributed by atoms with Gasteiger partial charge in [0, 0.05) is 17.6 Å². The second kappa shape index (κ2) is 7.93. The Balaban J connectivity index is 1.72. The lowest BCUT2D eigenvalue weighted by molar-refractivity contribution is 0.0943. The second-order valence-corrected chi connectivity index (χ2v) is 6.09. The molecule has 26 heavy (non-hydrogen) atoms. The maximum Gasteiger partial charge on any atom is 0.271 e. The zero-order valence-corrected chi connectivity index (χ0v) is 14.4. The highest BCUT2D eigenvalue weighted by atomic mass is 35.5. The van der Waals surface area contributed by atoms with Gasteiger partial charge in [0.1, 0.15) is 11.5 Å². The van der Waals surface area contributed by atoms with E-state index in [0.29, 0.717) is 17.1 Å². The fourth-order valence-electron chi connectivity index (χ4n) is 2.37. The molecule has 0 spiro atoms. The number of amides is 1. The summed E-state index contributed by atoms with van der Waals surface area (Å²) in [5.74, 6) is -0.805. The van der Waals surface area contributed by atoms with Crippen molar-refractivity contribution >= 4 is 17.5 Å². The molecule has 0 saturated carbocycles. The summed E-state index contributed by atoms with van der Waals surface area (Å²) < 4.78 is 14.4. The van der Waals surface area contributed by atoms with Crippen LogP contribution >= 0.6 is 11.6 Å². The monoisotopic (exact) mass is 371 g/mol. The molecule has 0 aliphatic rings. The minimum atomic E-state index is -0.409. The predicted molar refractivity (Wildman–Crippen MR) is 96.6 cm³/mol. The number of rotatable bonds is 5. The highest BCUT2D eigenvalue weighted by Gasteiger charge is 2.10. The fraction of sp³-hybridized carbons (Fsp3) is 0.105. The van der Waals surface area contributed by atoms with E-state index in [9.17, 15) is 14.0 Å². The van der Waals surface area contributed by atoms with Crippen LogP contribution in [0.15, 0.2) is 65.5 Å². The maximum absolute atomic E-state index is 13.3. The van der Waals surface area contributed by atoms with E-state index in [0.717, 1.165) is 10.2 Å². The van der Waals surface area contributed by atoms with Crippen molar-refractivity contribution in [3.8, 4) is 0 Å². The largest absolute Gasteiger partial charge is 0.347 e. The summed E-state index contributed by atoms with van der Waals surface area (Å²) in [5, 5.41) is 7.42. The molecule has 0 radical (unpaired) electrons. The lowest BCUT2D eigenvalue weighted by Gasteiger charge is -2.08. The van der Waals surface area contributed by atoms with E-state index in [1.54, 1.807) is 36.4 Å². The first-order chi connectivity index (χ1) is 12.5. The molecular formula is C19H15ClFN3O2. The van der Waals surface area contributed by atoms with Crippen molar-refractivity contribution in [2.24, 2.45) is 0 Å². The molecule has 3 rings (SSSR count). The number of hydrogen-bond acceptors (Lipinski definition) is 3. The Kier molecular flexibility index (Phi) is 5.43. The van der Waals surface area contributed by atoms with E-state index in [1.165, 1.54) is 24.3 Å². The van der Waals surface area contributed by atoms with E-state index < -0.39 is 11.7 Å². The van der Waals surface area contributed by atoms with Gasteiger partial charge in [0.15, 0.2) is 0 Å². The molecule has 0 atom stereocenters. The van der Waals surface area contributed by atoms with Crippen LogP contribution in [0, 0.1) is 5.82 Å². The van der Waals surface area contributed by atoms with E-state index in [4.69, 9.17) is 11.6 Å². The number of carbonyl (C=O) groups excluding carboxylic acids is 1. The number of nitrogens with zero attached hydrogens (tertiary/aromatic N) is 2. The summed E-state index contributed by atoms with van der Waals surface area (Å²) in [6, 6.07) is 15.6. The van der Waals surface area contributed by atoms with Crippen molar-refractivity contribution in [1.29, 1.82) is 0 Å². The lowest BCUT2D eigenvalue weighted by atomic mass is 10.2. The minimum Gasteiger partial charge on any atom is -0.347 e. The van der Waals surface area contributed by atoms with E-state index >= 15 is 0 Å². The Morgan fingerprint density at radius 3 is 2.58 bits per heavy atom. The van der Waals surface area contributed by atoms with Crippen molar-refractivity contribution in [3.05, 3.63) is 98.7 Å². The average molecular weight is 372 g/mol. The number of carbonyl (C=O) groups is 1. The Morgan fingerprint density at radius 2 is 1.85 bits per heavy atom. The number of aromatic nitrogens is 2. The van der Waals surface area contributed by atoms with Crippen LogP contribution in [0.25, 0.3) is 0 Å². The Bertz CT molecular complexity index is 987. The third kappa shape index (κ3) is 4.55. The van der Waals surface area contributed by atoms with Gasteiger partial charge in [-0.2, -0.15) is 5.10 Å². The van der Waals surface area contributed by atoms with Gasteiger partial charge in [-0.3, -0.25) is 9.59 Å². The van der Waals surface area contributed by atoms with Crippen LogP contribution in [0.2, 0.25) is 5.02 Å². The number of benzene rings is 2. The van der Waals surface area contributed by atoms with Crippen LogP contribution in [0.5, 0.6) is 0 Å². The molecule has 3 aromatic rings. The molecule has 0 fully saturated rings. The number of nitrogens with one attached hydrogen (secondary N) is 1. The van der Waals surface area contributed by atoms with Gasteiger partial charge in [-0.1, -0.05) is 35.9 Å². The van der Waals surface area contributed by atoms with Crippen molar-refractivity contribution in [2.75, 3.05) is 0 Å². The zero-order chi connectivity index (χ0) is 18.5. The molecule has 1 N–H and O–H groups in total. The van der Waals surface area contributed by atoms with Crippen LogP contribution in [0.3, 0.4) is 0 Å². The maximum atomic E-state index is 13.3. The Morgan fingerprint density at radius 1 is 1.08 bits per heavy atom. The second-order valence-electron chi connectivity index (χ2n) is 5.65. The van der Waals surface area contributed by atoms with E-state index in [-0.39, 0.29) is 17.8 Å². The molecule has 0 unspecified atom stereocenters. The number of hydrogen-bond donors (Lipinski definition) is 1. The third-order valence-corrected chi connectivity index (χ3v) is 3.94. The summed E-state index contributed by atoms with van der Waals surface area (Å²) in [6.07, 6.45) is 0. The van der Waals surface area contributed by atoms with Crippen LogP contribution in [0.4, 0.5) is 4.39 Å². The van der Waals surface area contributed by atoms with Crippen LogP contribution in [-0.2, 0) is 13.1 Å². The summed E-state index contributed by atoms with van der Waals surface area (Å²) in [5.41, 5.74) is 1.20. The normalized spacial score (nSPS) is 10.5. The summed E-state index contributed by atoms with van der Waals surface area (Å²) in [6.45, 7) is 0.385. The Labute approximate surface area is 154 Å². The minimum absolute atomic E-state index is 0.0783.